The fraction of sp³-hybridized carbons (Fsp3) is 0.364. The first-order valence-electron chi connectivity index (χ1n) is 9.89. The van der Waals surface area contributed by atoms with Crippen LogP contribution in [0.1, 0.15) is 30.2 Å². The van der Waals surface area contributed by atoms with Gasteiger partial charge < -0.3 is 19.8 Å². The molecule has 1 aliphatic heterocycles. The maximum atomic E-state index is 12.1. The summed E-state index contributed by atoms with van der Waals surface area (Å²) in [5.41, 5.74) is 0.896. The van der Waals surface area contributed by atoms with Crippen molar-refractivity contribution in [2.24, 2.45) is 0 Å². The largest absolute Gasteiger partial charge is 0.497 e. The van der Waals surface area contributed by atoms with Crippen molar-refractivity contribution < 1.29 is 9.15 Å². The smallest absolute Gasteiger partial charge is 0.253 e. The SMILES string of the molecule is COc1ccc(C(CNc2c(NCc3ccco3)c(=O)c2=O)N2CCCC2)cc1. The molecule has 2 heterocycles. The molecule has 29 heavy (non-hydrogen) atoms. The van der Waals surface area contributed by atoms with E-state index >= 15 is 0 Å². The average molecular weight is 395 g/mol. The molecule has 0 aliphatic carbocycles. The zero-order chi connectivity index (χ0) is 20.2. The monoisotopic (exact) mass is 395 g/mol. The highest BCUT2D eigenvalue weighted by molar-refractivity contribution is 5.74. The predicted octanol–water partition coefficient (Wildman–Crippen LogP) is 2.75. The molecule has 1 atom stereocenters. The number of hydrogen-bond acceptors (Lipinski definition) is 7. The Morgan fingerprint density at radius 3 is 2.34 bits per heavy atom. The molecule has 1 saturated heterocycles. The lowest BCUT2D eigenvalue weighted by Gasteiger charge is -2.29. The molecule has 7 nitrogen and oxygen atoms in total. The Morgan fingerprint density at radius 1 is 1.03 bits per heavy atom. The summed E-state index contributed by atoms with van der Waals surface area (Å²) < 4.78 is 10.5. The van der Waals surface area contributed by atoms with E-state index in [-0.39, 0.29) is 6.04 Å². The number of nitrogens with one attached hydrogen (secondary N) is 2. The summed E-state index contributed by atoms with van der Waals surface area (Å²) in [4.78, 5) is 26.5. The summed E-state index contributed by atoms with van der Waals surface area (Å²) >= 11 is 0. The summed E-state index contributed by atoms with van der Waals surface area (Å²) in [5.74, 6) is 1.52. The van der Waals surface area contributed by atoms with Gasteiger partial charge >= 0.3 is 0 Å². The van der Waals surface area contributed by atoms with Crippen molar-refractivity contribution >= 4 is 11.4 Å². The summed E-state index contributed by atoms with van der Waals surface area (Å²) in [7, 11) is 1.65. The van der Waals surface area contributed by atoms with E-state index in [2.05, 4.69) is 27.7 Å². The van der Waals surface area contributed by atoms with Crippen molar-refractivity contribution in [3.05, 3.63) is 74.4 Å². The van der Waals surface area contributed by atoms with Crippen LogP contribution in [0.25, 0.3) is 0 Å². The fourth-order valence-corrected chi connectivity index (χ4v) is 3.85. The third kappa shape index (κ3) is 4.05. The van der Waals surface area contributed by atoms with Crippen LogP contribution in [0.5, 0.6) is 5.75 Å². The lowest BCUT2D eigenvalue weighted by atomic mass is 10.0. The van der Waals surface area contributed by atoms with Gasteiger partial charge in [0.15, 0.2) is 0 Å². The van der Waals surface area contributed by atoms with Crippen molar-refractivity contribution in [1.82, 2.24) is 4.90 Å². The minimum Gasteiger partial charge on any atom is -0.497 e. The maximum Gasteiger partial charge on any atom is 0.253 e. The van der Waals surface area contributed by atoms with Crippen molar-refractivity contribution in [3.63, 3.8) is 0 Å². The molecule has 1 aliphatic rings. The van der Waals surface area contributed by atoms with E-state index in [1.165, 1.54) is 12.8 Å². The molecule has 152 valence electrons. The first-order chi connectivity index (χ1) is 14.2. The molecule has 4 rings (SSSR count). The van der Waals surface area contributed by atoms with Gasteiger partial charge in [0.05, 0.1) is 26.0 Å². The highest BCUT2D eigenvalue weighted by Gasteiger charge is 2.26. The minimum atomic E-state index is -0.485. The molecule has 0 spiro atoms. The van der Waals surface area contributed by atoms with E-state index in [9.17, 15) is 9.59 Å². The second-order valence-electron chi connectivity index (χ2n) is 7.25. The quantitative estimate of drug-likeness (QED) is 0.539. The fourth-order valence-electron chi connectivity index (χ4n) is 3.85. The zero-order valence-electron chi connectivity index (χ0n) is 16.4. The molecule has 1 fully saturated rings. The Labute approximate surface area is 169 Å². The maximum absolute atomic E-state index is 12.1. The standard InChI is InChI=1S/C22H25N3O4/c1-28-16-8-6-15(7-9-16)18(25-10-2-3-11-25)14-24-20-19(21(26)22(20)27)23-13-17-5-4-12-29-17/h4-9,12,18,23-24H,2-3,10-11,13-14H2,1H3. The summed E-state index contributed by atoms with van der Waals surface area (Å²) in [6.07, 6.45) is 3.92. The van der Waals surface area contributed by atoms with E-state index < -0.39 is 10.9 Å². The molecule has 7 heteroatoms. The highest BCUT2D eigenvalue weighted by atomic mass is 16.5. The zero-order valence-corrected chi connectivity index (χ0v) is 16.4. The van der Waals surface area contributed by atoms with Crippen LogP contribution in [0.15, 0.2) is 56.7 Å². The molecule has 2 N–H and O–H groups in total. The molecule has 0 bridgehead atoms. The predicted molar refractivity (Wildman–Crippen MR) is 112 cm³/mol. The normalized spacial score (nSPS) is 15.5. The van der Waals surface area contributed by atoms with Crippen LogP contribution in [-0.4, -0.2) is 31.6 Å². The van der Waals surface area contributed by atoms with E-state index in [0.29, 0.717) is 30.2 Å². The van der Waals surface area contributed by atoms with Gasteiger partial charge in [-0.1, -0.05) is 12.1 Å². The number of likely N-dealkylation sites (tertiary alicyclic amines) is 1. The van der Waals surface area contributed by atoms with Gasteiger partial charge in [0, 0.05) is 6.54 Å². The Kier molecular flexibility index (Phi) is 5.67. The Bertz CT molecular complexity index is 998. The van der Waals surface area contributed by atoms with Gasteiger partial charge in [-0.15, -0.1) is 0 Å². The van der Waals surface area contributed by atoms with Crippen LogP contribution in [0.4, 0.5) is 11.4 Å². The number of anilines is 2. The second-order valence-corrected chi connectivity index (χ2v) is 7.25. The number of methoxy groups -OCH3 is 1. The lowest BCUT2D eigenvalue weighted by molar-refractivity contribution is 0.256. The highest BCUT2D eigenvalue weighted by Crippen LogP contribution is 2.28. The van der Waals surface area contributed by atoms with Crippen LogP contribution in [-0.2, 0) is 6.54 Å². The third-order valence-corrected chi connectivity index (χ3v) is 5.48. The van der Waals surface area contributed by atoms with Gasteiger partial charge in [-0.3, -0.25) is 14.5 Å². The lowest BCUT2D eigenvalue weighted by Crippen LogP contribution is -2.39. The molecular weight excluding hydrogens is 370 g/mol. The van der Waals surface area contributed by atoms with Gasteiger partial charge in [0.1, 0.15) is 22.9 Å². The van der Waals surface area contributed by atoms with Crippen LogP contribution in [0.2, 0.25) is 0 Å². The number of furan rings is 1. The molecule has 0 amide bonds. The first kappa shape index (κ1) is 19.3. The Balaban J connectivity index is 1.48. The Hall–Kier alpha value is -3.06. The summed E-state index contributed by atoms with van der Waals surface area (Å²) in [5, 5.41) is 6.25. The van der Waals surface area contributed by atoms with E-state index in [4.69, 9.17) is 9.15 Å². The molecule has 1 aromatic heterocycles. The molecule has 0 saturated carbocycles. The van der Waals surface area contributed by atoms with Crippen LogP contribution >= 0.6 is 0 Å². The van der Waals surface area contributed by atoms with E-state index in [1.54, 1.807) is 19.4 Å². The number of rotatable bonds is 9. The molecular formula is C22H25N3O4. The van der Waals surface area contributed by atoms with Crippen LogP contribution in [0.3, 0.4) is 0 Å². The molecule has 2 aromatic carbocycles. The van der Waals surface area contributed by atoms with Gasteiger partial charge in [-0.2, -0.15) is 0 Å². The van der Waals surface area contributed by atoms with Gasteiger partial charge in [-0.05, 0) is 55.8 Å². The van der Waals surface area contributed by atoms with Gasteiger partial charge in [0.25, 0.3) is 10.9 Å². The Morgan fingerprint density at radius 2 is 1.72 bits per heavy atom. The van der Waals surface area contributed by atoms with Crippen LogP contribution in [0, 0.1) is 0 Å². The first-order valence-corrected chi connectivity index (χ1v) is 9.89. The van der Waals surface area contributed by atoms with Crippen molar-refractivity contribution in [2.75, 3.05) is 37.4 Å². The van der Waals surface area contributed by atoms with E-state index in [0.717, 1.165) is 24.4 Å². The topological polar surface area (TPSA) is 83.8 Å². The number of nitrogens with zero attached hydrogens (tertiary/aromatic N) is 1. The minimum absolute atomic E-state index is 0.116. The van der Waals surface area contributed by atoms with Gasteiger partial charge in [0.2, 0.25) is 0 Å². The second kappa shape index (κ2) is 8.53. The van der Waals surface area contributed by atoms with Crippen molar-refractivity contribution in [1.29, 1.82) is 0 Å². The van der Waals surface area contributed by atoms with Crippen LogP contribution < -0.4 is 26.2 Å². The average Bonchev–Trinajstić information content (AvgIpc) is 3.47. The van der Waals surface area contributed by atoms with E-state index in [1.807, 2.05) is 18.2 Å². The molecule has 3 aromatic rings. The third-order valence-electron chi connectivity index (χ3n) is 5.48. The summed E-state index contributed by atoms with van der Waals surface area (Å²) in [6.45, 7) is 2.95. The van der Waals surface area contributed by atoms with Gasteiger partial charge in [-0.25, -0.2) is 0 Å². The van der Waals surface area contributed by atoms with Crippen molar-refractivity contribution in [2.45, 2.75) is 25.4 Å². The molecule has 0 radical (unpaired) electrons. The number of benzene rings is 1. The molecule has 1 unspecified atom stereocenters. The number of hydrogen-bond donors (Lipinski definition) is 2. The number of ether oxygens (including phenoxy) is 1. The van der Waals surface area contributed by atoms with Crippen molar-refractivity contribution in [3.8, 4) is 5.75 Å². The summed E-state index contributed by atoms with van der Waals surface area (Å²) in [6, 6.07) is 11.7.